The van der Waals surface area contributed by atoms with Gasteiger partial charge in [0.15, 0.2) is 11.6 Å². The Bertz CT molecular complexity index is 723. The molecule has 1 saturated carbocycles. The molecular weight excluding hydrogens is 334 g/mol. The van der Waals surface area contributed by atoms with Crippen molar-refractivity contribution in [2.24, 2.45) is 15.7 Å². The number of benzene rings is 1. The number of aliphatic hydroxyl groups is 1. The normalized spacial score (nSPS) is 25.1. The summed E-state index contributed by atoms with van der Waals surface area (Å²) in [7, 11) is 0. The van der Waals surface area contributed by atoms with Crippen LogP contribution in [0.2, 0.25) is 0 Å². The Morgan fingerprint density at radius 3 is 2.92 bits per heavy atom. The molecule has 0 saturated heterocycles. The van der Waals surface area contributed by atoms with E-state index in [0.29, 0.717) is 49.5 Å². The van der Waals surface area contributed by atoms with Gasteiger partial charge in [0.1, 0.15) is 0 Å². The average Bonchev–Trinajstić information content (AvgIpc) is 2.62. The molecule has 0 bridgehead atoms. The molecule has 0 unspecified atom stereocenters. The molecule has 5 N–H and O–H groups in total. The minimum absolute atomic E-state index is 0.289. The number of nitrogens with zero attached hydrogens (tertiary/aromatic N) is 2. The fourth-order valence-corrected chi connectivity index (χ4v) is 3.12. The SMILES string of the molecule is CCCOC(=O)c1cccc(NC2=NC3(CCC(O)CC3)N=C(N)N2)c1. The molecule has 8 nitrogen and oxygen atoms in total. The Labute approximate surface area is 152 Å². The lowest BCUT2D eigenvalue weighted by atomic mass is 9.88. The highest BCUT2D eigenvalue weighted by molar-refractivity contribution is 6.06. The van der Waals surface area contributed by atoms with Gasteiger partial charge in [-0.15, -0.1) is 0 Å². The van der Waals surface area contributed by atoms with E-state index in [4.69, 9.17) is 10.5 Å². The molecule has 1 heterocycles. The van der Waals surface area contributed by atoms with Crippen LogP contribution >= 0.6 is 0 Å². The lowest BCUT2D eigenvalue weighted by Gasteiger charge is -2.35. The fourth-order valence-electron chi connectivity index (χ4n) is 3.12. The quantitative estimate of drug-likeness (QED) is 0.606. The van der Waals surface area contributed by atoms with Gasteiger partial charge in [-0.2, -0.15) is 0 Å². The van der Waals surface area contributed by atoms with Crippen molar-refractivity contribution in [2.45, 2.75) is 50.8 Å². The predicted molar refractivity (Wildman–Crippen MR) is 100 cm³/mol. The number of hydrogen-bond acceptors (Lipinski definition) is 8. The maximum atomic E-state index is 12.0. The molecule has 1 aliphatic heterocycles. The second-order valence-electron chi connectivity index (χ2n) is 6.64. The van der Waals surface area contributed by atoms with Crippen LogP contribution in [-0.2, 0) is 4.74 Å². The first-order chi connectivity index (χ1) is 12.5. The minimum Gasteiger partial charge on any atom is -0.462 e. The summed E-state index contributed by atoms with van der Waals surface area (Å²) in [6.07, 6.45) is 3.05. The zero-order valence-electron chi connectivity index (χ0n) is 14.9. The van der Waals surface area contributed by atoms with Crippen molar-refractivity contribution in [3.05, 3.63) is 29.8 Å². The van der Waals surface area contributed by atoms with E-state index in [-0.39, 0.29) is 18.0 Å². The number of rotatable bonds is 4. The molecule has 1 fully saturated rings. The molecule has 1 aromatic rings. The van der Waals surface area contributed by atoms with Crippen LogP contribution in [0, 0.1) is 0 Å². The molecular formula is C18H25N5O3. The Hall–Kier alpha value is -2.61. The van der Waals surface area contributed by atoms with E-state index < -0.39 is 5.66 Å². The summed E-state index contributed by atoms with van der Waals surface area (Å²) >= 11 is 0. The standard InChI is InChI=1S/C18H25N5O3/c1-2-10-26-15(25)12-4-3-5-13(11-12)20-17-21-16(19)22-18(23-17)8-6-14(24)7-9-18/h3-5,11,14,24H,2,6-10H2,1H3,(H4,19,20,21,22,23). The summed E-state index contributed by atoms with van der Waals surface area (Å²) in [6, 6.07) is 7.03. The van der Waals surface area contributed by atoms with Crippen molar-refractivity contribution in [3.63, 3.8) is 0 Å². The molecule has 1 aliphatic carbocycles. The van der Waals surface area contributed by atoms with Crippen LogP contribution in [0.15, 0.2) is 34.3 Å². The van der Waals surface area contributed by atoms with E-state index >= 15 is 0 Å². The number of nitrogens with two attached hydrogens (primary N) is 1. The van der Waals surface area contributed by atoms with Gasteiger partial charge in [0.2, 0.25) is 5.96 Å². The van der Waals surface area contributed by atoms with Crippen molar-refractivity contribution in [1.82, 2.24) is 5.32 Å². The molecule has 1 aromatic carbocycles. The summed E-state index contributed by atoms with van der Waals surface area (Å²) in [5.74, 6) is 0.415. The number of hydrogen-bond donors (Lipinski definition) is 4. The van der Waals surface area contributed by atoms with Crippen LogP contribution in [0.5, 0.6) is 0 Å². The molecule has 26 heavy (non-hydrogen) atoms. The smallest absolute Gasteiger partial charge is 0.338 e. The molecule has 140 valence electrons. The minimum atomic E-state index is -0.630. The number of esters is 1. The Morgan fingerprint density at radius 1 is 1.42 bits per heavy atom. The highest BCUT2D eigenvalue weighted by Gasteiger charge is 2.37. The maximum absolute atomic E-state index is 12.0. The van der Waals surface area contributed by atoms with Gasteiger partial charge in [-0.3, -0.25) is 5.32 Å². The molecule has 0 aromatic heterocycles. The lowest BCUT2D eigenvalue weighted by Crippen LogP contribution is -2.50. The number of guanidine groups is 2. The molecule has 0 radical (unpaired) electrons. The van der Waals surface area contributed by atoms with E-state index in [2.05, 4.69) is 20.6 Å². The Balaban J connectivity index is 1.74. The second-order valence-corrected chi connectivity index (χ2v) is 6.64. The molecule has 3 rings (SSSR count). The topological polar surface area (TPSA) is 121 Å². The zero-order chi connectivity index (χ0) is 18.6. The van der Waals surface area contributed by atoms with Crippen LogP contribution in [-0.4, -0.2) is 41.4 Å². The van der Waals surface area contributed by atoms with E-state index in [1.54, 1.807) is 18.2 Å². The summed E-state index contributed by atoms with van der Waals surface area (Å²) < 4.78 is 5.16. The summed E-state index contributed by atoms with van der Waals surface area (Å²) in [6.45, 7) is 2.34. The van der Waals surface area contributed by atoms with Gasteiger partial charge in [0, 0.05) is 5.69 Å². The van der Waals surface area contributed by atoms with Gasteiger partial charge in [0.05, 0.1) is 18.3 Å². The van der Waals surface area contributed by atoms with Crippen molar-refractivity contribution < 1.29 is 14.6 Å². The average molecular weight is 359 g/mol. The Kier molecular flexibility index (Phi) is 5.41. The van der Waals surface area contributed by atoms with Crippen LogP contribution in [0.25, 0.3) is 0 Å². The second kappa shape index (κ2) is 7.74. The van der Waals surface area contributed by atoms with Gasteiger partial charge < -0.3 is 20.9 Å². The monoisotopic (exact) mass is 359 g/mol. The third kappa shape index (κ3) is 4.32. The van der Waals surface area contributed by atoms with Crippen LogP contribution in [0.4, 0.5) is 5.69 Å². The van der Waals surface area contributed by atoms with Crippen molar-refractivity contribution in [2.75, 3.05) is 11.9 Å². The highest BCUT2D eigenvalue weighted by Crippen LogP contribution is 2.34. The van der Waals surface area contributed by atoms with Crippen LogP contribution < -0.4 is 16.4 Å². The van der Waals surface area contributed by atoms with Gasteiger partial charge in [-0.1, -0.05) is 13.0 Å². The molecule has 0 atom stereocenters. The van der Waals surface area contributed by atoms with Gasteiger partial charge >= 0.3 is 5.97 Å². The maximum Gasteiger partial charge on any atom is 0.338 e. The van der Waals surface area contributed by atoms with E-state index in [1.807, 2.05) is 13.0 Å². The predicted octanol–water partition coefficient (Wildman–Crippen LogP) is 1.57. The number of aliphatic imine (C=N–C) groups is 2. The number of ether oxygens (including phenoxy) is 1. The van der Waals surface area contributed by atoms with Crippen molar-refractivity contribution in [3.8, 4) is 0 Å². The number of aliphatic hydroxyl groups excluding tert-OH is 1. The van der Waals surface area contributed by atoms with E-state index in [1.165, 1.54) is 0 Å². The fraction of sp³-hybridized carbons (Fsp3) is 0.500. The largest absolute Gasteiger partial charge is 0.462 e. The number of carbonyl (C=O) groups is 1. The Morgan fingerprint density at radius 2 is 2.19 bits per heavy atom. The molecule has 0 amide bonds. The molecule has 2 aliphatic rings. The van der Waals surface area contributed by atoms with E-state index in [9.17, 15) is 9.90 Å². The van der Waals surface area contributed by atoms with Crippen LogP contribution in [0.1, 0.15) is 49.4 Å². The number of nitrogens with one attached hydrogen (secondary N) is 2. The first kappa shape index (κ1) is 18.2. The van der Waals surface area contributed by atoms with Gasteiger partial charge in [0.25, 0.3) is 0 Å². The molecule has 1 spiro atoms. The van der Waals surface area contributed by atoms with Gasteiger partial charge in [-0.25, -0.2) is 14.8 Å². The molecule has 8 heteroatoms. The lowest BCUT2D eigenvalue weighted by molar-refractivity contribution is 0.0505. The van der Waals surface area contributed by atoms with Crippen molar-refractivity contribution in [1.29, 1.82) is 0 Å². The first-order valence-electron chi connectivity index (χ1n) is 8.94. The third-order valence-electron chi connectivity index (χ3n) is 4.45. The van der Waals surface area contributed by atoms with Crippen LogP contribution in [0.3, 0.4) is 0 Å². The number of carbonyl (C=O) groups excluding carboxylic acids is 1. The number of anilines is 1. The first-order valence-corrected chi connectivity index (χ1v) is 8.94. The van der Waals surface area contributed by atoms with Crippen molar-refractivity contribution >= 4 is 23.6 Å². The zero-order valence-corrected chi connectivity index (χ0v) is 14.9. The van der Waals surface area contributed by atoms with Gasteiger partial charge in [-0.05, 0) is 50.3 Å². The van der Waals surface area contributed by atoms with E-state index in [0.717, 1.165) is 6.42 Å². The summed E-state index contributed by atoms with van der Waals surface area (Å²) in [5, 5.41) is 15.8. The third-order valence-corrected chi connectivity index (χ3v) is 4.45. The summed E-state index contributed by atoms with van der Waals surface area (Å²) in [5.41, 5.74) is 6.47. The highest BCUT2D eigenvalue weighted by atomic mass is 16.5. The summed E-state index contributed by atoms with van der Waals surface area (Å²) in [4.78, 5) is 21.1.